The van der Waals surface area contributed by atoms with Gasteiger partial charge in [-0.15, -0.1) is 24.2 Å². The van der Waals surface area contributed by atoms with Crippen LogP contribution in [0.3, 0.4) is 0 Å². The van der Waals surface area contributed by atoms with Gasteiger partial charge in [0, 0.05) is 27.1 Å². The third-order valence-corrected chi connectivity index (χ3v) is 7.52. The predicted molar refractivity (Wildman–Crippen MR) is 124 cm³/mol. The number of aryl methyl sites for hydroxylation is 2. The lowest BCUT2D eigenvalue weighted by molar-refractivity contribution is 0.415. The van der Waals surface area contributed by atoms with Crippen molar-refractivity contribution in [3.05, 3.63) is 40.2 Å². The molecule has 0 amide bonds. The Morgan fingerprint density at radius 1 is 1.24 bits per heavy atom. The highest BCUT2D eigenvalue weighted by molar-refractivity contribution is 7.99. The van der Waals surface area contributed by atoms with Crippen LogP contribution in [0, 0.1) is 6.92 Å². The first-order valence-electron chi connectivity index (χ1n) is 9.99. The largest absolute Gasteiger partial charge is 0.497 e. The smallest absolute Gasteiger partial charge is 0.164 e. The van der Waals surface area contributed by atoms with Gasteiger partial charge in [-0.3, -0.25) is 0 Å². The van der Waals surface area contributed by atoms with Crippen LogP contribution < -0.4 is 4.74 Å². The number of aromatic nitrogens is 3. The van der Waals surface area contributed by atoms with E-state index in [2.05, 4.69) is 18.4 Å². The summed E-state index contributed by atoms with van der Waals surface area (Å²) < 4.78 is 7.49. The van der Waals surface area contributed by atoms with E-state index >= 15 is 0 Å². The molecule has 2 aromatic heterocycles. The second kappa shape index (κ2) is 9.15. The zero-order valence-electron chi connectivity index (χ0n) is 17.3. The van der Waals surface area contributed by atoms with Crippen LogP contribution in [0.25, 0.3) is 16.8 Å². The van der Waals surface area contributed by atoms with Gasteiger partial charge in [0.15, 0.2) is 5.65 Å². The highest BCUT2D eigenvalue weighted by Crippen LogP contribution is 2.40. The van der Waals surface area contributed by atoms with E-state index < -0.39 is 0 Å². The Morgan fingerprint density at radius 2 is 2.00 bits per heavy atom. The summed E-state index contributed by atoms with van der Waals surface area (Å²) in [7, 11) is 1.67. The Hall–Kier alpha value is -1.43. The molecule has 0 atom stereocenters. The quantitative estimate of drug-likeness (QED) is 0.314. The van der Waals surface area contributed by atoms with Crippen molar-refractivity contribution in [1.29, 1.82) is 0 Å². The first-order chi connectivity index (χ1) is 13.6. The summed E-state index contributed by atoms with van der Waals surface area (Å²) in [5.74, 6) is 0.783. The van der Waals surface area contributed by atoms with Crippen molar-refractivity contribution in [1.82, 2.24) is 14.6 Å². The number of rotatable bonds is 6. The number of hydrogen-bond donors (Lipinski definition) is 0. The summed E-state index contributed by atoms with van der Waals surface area (Å²) in [5, 5.41) is 7.46. The molecule has 3 aromatic rings. The van der Waals surface area contributed by atoms with E-state index in [4.69, 9.17) is 26.4 Å². The van der Waals surface area contributed by atoms with Crippen molar-refractivity contribution >= 4 is 41.4 Å². The fourth-order valence-electron chi connectivity index (χ4n) is 3.97. The van der Waals surface area contributed by atoms with Crippen LogP contribution in [-0.4, -0.2) is 27.0 Å². The number of halogens is 2. The Kier molecular flexibility index (Phi) is 7.02. The SMILES string of the molecule is CCC(CC)Sc1c2c(nc3c(-c4cc(OC)ccc4Cl)c(C)nn13)CCC2.Cl. The van der Waals surface area contributed by atoms with Crippen LogP contribution >= 0.6 is 35.8 Å². The highest BCUT2D eigenvalue weighted by Gasteiger charge is 2.26. The molecule has 0 radical (unpaired) electrons. The van der Waals surface area contributed by atoms with Gasteiger partial charge in [-0.25, -0.2) is 9.50 Å². The van der Waals surface area contributed by atoms with Crippen LogP contribution in [0.2, 0.25) is 5.02 Å². The summed E-state index contributed by atoms with van der Waals surface area (Å²) in [6.45, 7) is 6.56. The van der Waals surface area contributed by atoms with Gasteiger partial charge in [-0.2, -0.15) is 5.10 Å². The lowest BCUT2D eigenvalue weighted by Crippen LogP contribution is -2.07. The lowest BCUT2D eigenvalue weighted by Gasteiger charge is -2.16. The third kappa shape index (κ3) is 3.97. The minimum absolute atomic E-state index is 0. The first-order valence-corrected chi connectivity index (χ1v) is 11.2. The molecule has 0 bridgehead atoms. The van der Waals surface area contributed by atoms with Gasteiger partial charge >= 0.3 is 0 Å². The van der Waals surface area contributed by atoms with E-state index in [1.807, 2.05) is 36.9 Å². The van der Waals surface area contributed by atoms with Gasteiger partial charge in [0.1, 0.15) is 10.8 Å². The van der Waals surface area contributed by atoms with Gasteiger partial charge in [0.25, 0.3) is 0 Å². The second-order valence-corrected chi connectivity index (χ2v) is 8.99. The molecule has 0 fully saturated rings. The Morgan fingerprint density at radius 3 is 2.69 bits per heavy atom. The number of ether oxygens (including phenoxy) is 1. The maximum atomic E-state index is 6.58. The monoisotopic (exact) mass is 451 g/mol. The molecule has 4 rings (SSSR count). The molecule has 1 aliphatic carbocycles. The summed E-state index contributed by atoms with van der Waals surface area (Å²) in [4.78, 5) is 5.06. The average molecular weight is 452 g/mol. The minimum atomic E-state index is 0. The molecule has 0 N–H and O–H groups in total. The van der Waals surface area contributed by atoms with Crippen molar-refractivity contribution in [2.24, 2.45) is 0 Å². The topological polar surface area (TPSA) is 39.4 Å². The van der Waals surface area contributed by atoms with Gasteiger partial charge in [-0.1, -0.05) is 25.4 Å². The van der Waals surface area contributed by atoms with Gasteiger partial charge in [0.05, 0.1) is 18.4 Å². The Balaban J connectivity index is 0.00000240. The van der Waals surface area contributed by atoms with E-state index in [9.17, 15) is 0 Å². The molecule has 4 nitrogen and oxygen atoms in total. The van der Waals surface area contributed by atoms with E-state index in [-0.39, 0.29) is 12.4 Å². The third-order valence-electron chi connectivity index (χ3n) is 5.55. The number of fused-ring (bicyclic) bond motifs is 2. The zero-order valence-corrected chi connectivity index (χ0v) is 19.7. The molecule has 156 valence electrons. The van der Waals surface area contributed by atoms with Crippen molar-refractivity contribution in [2.45, 2.75) is 63.2 Å². The summed E-state index contributed by atoms with van der Waals surface area (Å²) in [6.07, 6.45) is 5.59. The molecule has 0 saturated carbocycles. The molecule has 1 aromatic carbocycles. The van der Waals surface area contributed by atoms with Crippen molar-refractivity contribution < 1.29 is 4.74 Å². The average Bonchev–Trinajstić information content (AvgIpc) is 3.29. The Labute approximate surface area is 187 Å². The van der Waals surface area contributed by atoms with Crippen LogP contribution in [0.5, 0.6) is 5.75 Å². The number of benzene rings is 1. The van der Waals surface area contributed by atoms with E-state index in [0.717, 1.165) is 53.9 Å². The van der Waals surface area contributed by atoms with Crippen molar-refractivity contribution in [2.75, 3.05) is 7.11 Å². The predicted octanol–water partition coefficient (Wildman–Crippen LogP) is 6.56. The number of hydrogen-bond acceptors (Lipinski definition) is 4. The maximum Gasteiger partial charge on any atom is 0.164 e. The van der Waals surface area contributed by atoms with E-state index in [1.54, 1.807) is 7.11 Å². The zero-order chi connectivity index (χ0) is 19.8. The number of methoxy groups -OCH3 is 1. The highest BCUT2D eigenvalue weighted by atomic mass is 35.5. The normalized spacial score (nSPS) is 13.0. The number of thioether (sulfide) groups is 1. The summed E-state index contributed by atoms with van der Waals surface area (Å²) in [5.41, 5.74) is 6.39. The fourth-order valence-corrected chi connectivity index (χ4v) is 5.42. The van der Waals surface area contributed by atoms with Gasteiger partial charge < -0.3 is 4.74 Å². The molecule has 0 saturated heterocycles. The van der Waals surface area contributed by atoms with E-state index in [0.29, 0.717) is 10.3 Å². The van der Waals surface area contributed by atoms with Crippen molar-refractivity contribution in [3.8, 4) is 16.9 Å². The molecule has 29 heavy (non-hydrogen) atoms. The fraction of sp³-hybridized carbons (Fsp3) is 0.455. The lowest BCUT2D eigenvalue weighted by atomic mass is 10.1. The molecule has 7 heteroatoms. The van der Waals surface area contributed by atoms with Crippen LogP contribution in [0.1, 0.15) is 50.1 Å². The molecular formula is C22H27Cl2N3OS. The maximum absolute atomic E-state index is 6.58. The Bertz CT molecular complexity index is 1030. The first kappa shape index (κ1) is 22.3. The van der Waals surface area contributed by atoms with Crippen LogP contribution in [0.15, 0.2) is 23.2 Å². The number of nitrogens with zero attached hydrogens (tertiary/aromatic N) is 3. The molecular weight excluding hydrogens is 425 g/mol. The molecule has 0 spiro atoms. The van der Waals surface area contributed by atoms with Crippen LogP contribution in [-0.2, 0) is 12.8 Å². The standard InChI is InChI=1S/C22H26ClN3OS.ClH/c1-5-15(6-2)28-22-16-8-7-9-19(16)24-21-20(13(3)25-26(21)22)17-12-14(27-4)10-11-18(17)23;/h10-12,15H,5-9H2,1-4H3;1H. The minimum Gasteiger partial charge on any atom is -0.497 e. The molecule has 2 heterocycles. The molecule has 0 unspecified atom stereocenters. The molecule has 1 aliphatic rings. The van der Waals surface area contributed by atoms with Crippen LogP contribution in [0.4, 0.5) is 0 Å². The molecule has 0 aliphatic heterocycles. The van der Waals surface area contributed by atoms with Gasteiger partial charge in [0.2, 0.25) is 0 Å². The summed E-state index contributed by atoms with van der Waals surface area (Å²) >= 11 is 8.53. The second-order valence-electron chi connectivity index (χ2n) is 7.29. The summed E-state index contributed by atoms with van der Waals surface area (Å²) in [6, 6.07) is 5.74. The van der Waals surface area contributed by atoms with Gasteiger partial charge in [-0.05, 0) is 57.2 Å². The van der Waals surface area contributed by atoms with E-state index in [1.165, 1.54) is 22.7 Å². The van der Waals surface area contributed by atoms with Crippen molar-refractivity contribution in [3.63, 3.8) is 0 Å².